The van der Waals surface area contributed by atoms with Crippen molar-refractivity contribution in [2.75, 3.05) is 40.8 Å². The van der Waals surface area contributed by atoms with Gasteiger partial charge in [0, 0.05) is 46.2 Å². The lowest BCUT2D eigenvalue weighted by molar-refractivity contribution is 0.151. The van der Waals surface area contributed by atoms with Crippen LogP contribution in [0.25, 0.3) is 0 Å². The maximum atomic E-state index is 12.9. The summed E-state index contributed by atoms with van der Waals surface area (Å²) < 4.78 is 5.31. The van der Waals surface area contributed by atoms with E-state index in [9.17, 15) is 10.1 Å². The van der Waals surface area contributed by atoms with Gasteiger partial charge in [0.25, 0.3) is 0 Å². The second-order valence-electron chi connectivity index (χ2n) is 8.43. The van der Waals surface area contributed by atoms with Gasteiger partial charge in [-0.3, -0.25) is 4.90 Å². The first-order valence-electron chi connectivity index (χ1n) is 10.3. The predicted octanol–water partition coefficient (Wildman–Crippen LogP) is 3.35. The highest BCUT2D eigenvalue weighted by molar-refractivity contribution is 5.75. The van der Waals surface area contributed by atoms with Crippen molar-refractivity contribution in [2.24, 2.45) is 11.8 Å². The molecule has 6 heteroatoms. The summed E-state index contributed by atoms with van der Waals surface area (Å²) in [5, 5.41) is 9.41. The fourth-order valence-corrected chi connectivity index (χ4v) is 4.96. The number of amides is 2. The first-order valence-corrected chi connectivity index (χ1v) is 10.3. The quantitative estimate of drug-likeness (QED) is 0.784. The van der Waals surface area contributed by atoms with Crippen LogP contribution in [0.1, 0.15) is 22.7 Å². The van der Waals surface area contributed by atoms with Crippen LogP contribution in [0.2, 0.25) is 0 Å². The standard InChI is InChI=1S/C24H28N4O2/c1-26(2)24(29)28-15-20-14-27(13-19-7-5-4-6-18(19)12-25)16-22(20)23(28)17-8-10-21(30-3)11-9-17/h4-11,20,22-23H,13-16H2,1-3H3/t20-,22-,23+/m1/s1. The molecule has 4 rings (SSSR count). The molecular formula is C24H28N4O2. The summed E-state index contributed by atoms with van der Waals surface area (Å²) in [5.74, 6) is 1.62. The highest BCUT2D eigenvalue weighted by atomic mass is 16.5. The molecular weight excluding hydrogens is 376 g/mol. The van der Waals surface area contributed by atoms with Crippen molar-refractivity contribution in [2.45, 2.75) is 12.6 Å². The molecule has 3 atom stereocenters. The number of benzene rings is 2. The van der Waals surface area contributed by atoms with E-state index in [4.69, 9.17) is 4.74 Å². The van der Waals surface area contributed by atoms with Crippen LogP contribution >= 0.6 is 0 Å². The van der Waals surface area contributed by atoms with Gasteiger partial charge >= 0.3 is 6.03 Å². The van der Waals surface area contributed by atoms with E-state index in [-0.39, 0.29) is 12.1 Å². The molecule has 6 nitrogen and oxygen atoms in total. The normalized spacial score (nSPS) is 23.1. The Balaban J connectivity index is 1.58. The van der Waals surface area contributed by atoms with E-state index in [0.29, 0.717) is 11.8 Å². The summed E-state index contributed by atoms with van der Waals surface area (Å²) in [4.78, 5) is 19.0. The van der Waals surface area contributed by atoms with E-state index in [1.807, 2.05) is 55.4 Å². The Hall–Kier alpha value is -3.04. The minimum atomic E-state index is 0.0482. The van der Waals surface area contributed by atoms with Crippen molar-refractivity contribution in [3.63, 3.8) is 0 Å². The number of nitriles is 1. The summed E-state index contributed by atoms with van der Waals surface area (Å²) in [6, 6.07) is 18.3. The van der Waals surface area contributed by atoms with Crippen LogP contribution < -0.4 is 4.74 Å². The SMILES string of the molecule is COc1ccc([C@H]2[C@@H]3CN(Cc4ccccc4C#N)C[C@@H]3CN2C(=O)N(C)C)cc1. The molecule has 2 aliphatic rings. The van der Waals surface area contributed by atoms with Gasteiger partial charge in [-0.05, 0) is 35.2 Å². The molecule has 0 bridgehead atoms. The number of hydrogen-bond acceptors (Lipinski definition) is 4. The summed E-state index contributed by atoms with van der Waals surface area (Å²) >= 11 is 0. The van der Waals surface area contributed by atoms with Crippen molar-refractivity contribution < 1.29 is 9.53 Å². The van der Waals surface area contributed by atoms with Crippen molar-refractivity contribution in [3.05, 3.63) is 65.2 Å². The monoisotopic (exact) mass is 404 g/mol. The molecule has 0 aliphatic carbocycles. The molecule has 2 aliphatic heterocycles. The summed E-state index contributed by atoms with van der Waals surface area (Å²) in [6.07, 6.45) is 0. The number of nitrogens with zero attached hydrogens (tertiary/aromatic N) is 4. The average Bonchev–Trinajstić information content (AvgIpc) is 3.30. The number of fused-ring (bicyclic) bond motifs is 1. The Morgan fingerprint density at radius 3 is 2.53 bits per heavy atom. The van der Waals surface area contributed by atoms with E-state index in [2.05, 4.69) is 23.1 Å². The molecule has 2 heterocycles. The van der Waals surface area contributed by atoms with E-state index < -0.39 is 0 Å². The number of hydrogen-bond donors (Lipinski definition) is 0. The van der Waals surface area contributed by atoms with Crippen LogP contribution in [0.3, 0.4) is 0 Å². The molecule has 2 aromatic carbocycles. The molecule has 0 saturated carbocycles. The third-order valence-electron chi connectivity index (χ3n) is 6.36. The molecule has 0 unspecified atom stereocenters. The summed E-state index contributed by atoms with van der Waals surface area (Å²) in [5.41, 5.74) is 2.96. The van der Waals surface area contributed by atoms with Crippen LogP contribution in [-0.2, 0) is 6.54 Å². The smallest absolute Gasteiger partial charge is 0.320 e. The molecule has 0 N–H and O–H groups in total. The molecule has 156 valence electrons. The lowest BCUT2D eigenvalue weighted by atomic mass is 9.89. The number of ether oxygens (including phenoxy) is 1. The van der Waals surface area contributed by atoms with Crippen LogP contribution in [0.4, 0.5) is 4.79 Å². The van der Waals surface area contributed by atoms with Gasteiger partial charge in [0.05, 0.1) is 24.8 Å². The van der Waals surface area contributed by atoms with Crippen molar-refractivity contribution in [1.82, 2.24) is 14.7 Å². The third-order valence-corrected chi connectivity index (χ3v) is 6.36. The zero-order valence-corrected chi connectivity index (χ0v) is 17.8. The number of urea groups is 1. The number of carbonyl (C=O) groups is 1. The lowest BCUT2D eigenvalue weighted by Gasteiger charge is -2.32. The molecule has 0 spiro atoms. The maximum Gasteiger partial charge on any atom is 0.320 e. The molecule has 2 fully saturated rings. The van der Waals surface area contributed by atoms with Gasteiger partial charge in [0.1, 0.15) is 5.75 Å². The summed E-state index contributed by atoms with van der Waals surface area (Å²) in [7, 11) is 5.29. The number of carbonyl (C=O) groups excluding carboxylic acids is 1. The number of likely N-dealkylation sites (tertiary alicyclic amines) is 2. The van der Waals surface area contributed by atoms with Crippen LogP contribution in [-0.4, -0.2) is 61.6 Å². The van der Waals surface area contributed by atoms with E-state index in [1.54, 1.807) is 12.0 Å². The van der Waals surface area contributed by atoms with Crippen LogP contribution in [0, 0.1) is 23.2 Å². The van der Waals surface area contributed by atoms with Gasteiger partial charge in [0.15, 0.2) is 0 Å². The maximum absolute atomic E-state index is 12.9. The van der Waals surface area contributed by atoms with Crippen molar-refractivity contribution in [1.29, 1.82) is 5.26 Å². The molecule has 0 aromatic heterocycles. The van der Waals surface area contributed by atoms with Gasteiger partial charge in [-0.2, -0.15) is 5.26 Å². The Bertz CT molecular complexity index is 950. The Kier molecular flexibility index (Phi) is 5.65. The van der Waals surface area contributed by atoms with Crippen molar-refractivity contribution >= 4 is 6.03 Å². The molecule has 2 aromatic rings. The Labute approximate surface area is 178 Å². The first kappa shape index (κ1) is 20.2. The molecule has 2 saturated heterocycles. The van der Waals surface area contributed by atoms with Gasteiger partial charge in [-0.25, -0.2) is 4.79 Å². The average molecular weight is 405 g/mol. The van der Waals surface area contributed by atoms with E-state index >= 15 is 0 Å². The fraction of sp³-hybridized carbons (Fsp3) is 0.417. The summed E-state index contributed by atoms with van der Waals surface area (Å²) in [6.45, 7) is 3.38. The predicted molar refractivity (Wildman–Crippen MR) is 115 cm³/mol. The van der Waals surface area contributed by atoms with Crippen LogP contribution in [0.15, 0.2) is 48.5 Å². The van der Waals surface area contributed by atoms with Crippen LogP contribution in [0.5, 0.6) is 5.75 Å². The Morgan fingerprint density at radius 2 is 1.87 bits per heavy atom. The molecule has 2 amide bonds. The largest absolute Gasteiger partial charge is 0.497 e. The second-order valence-corrected chi connectivity index (χ2v) is 8.43. The van der Waals surface area contributed by atoms with Gasteiger partial charge in [0.2, 0.25) is 0 Å². The molecule has 0 radical (unpaired) electrons. The fourth-order valence-electron chi connectivity index (χ4n) is 4.96. The van der Waals surface area contributed by atoms with Gasteiger partial charge < -0.3 is 14.5 Å². The minimum absolute atomic E-state index is 0.0482. The van der Waals surface area contributed by atoms with Gasteiger partial charge in [-0.15, -0.1) is 0 Å². The topological polar surface area (TPSA) is 59.8 Å². The van der Waals surface area contributed by atoms with Crippen molar-refractivity contribution in [3.8, 4) is 11.8 Å². The number of rotatable bonds is 4. The Morgan fingerprint density at radius 1 is 1.13 bits per heavy atom. The lowest BCUT2D eigenvalue weighted by Crippen LogP contribution is -2.41. The highest BCUT2D eigenvalue weighted by Crippen LogP contribution is 2.45. The van der Waals surface area contributed by atoms with E-state index in [1.165, 1.54) is 0 Å². The first-order chi connectivity index (χ1) is 14.5. The third kappa shape index (κ3) is 3.73. The molecule has 30 heavy (non-hydrogen) atoms. The number of methoxy groups -OCH3 is 1. The zero-order chi connectivity index (χ0) is 21.3. The van der Waals surface area contributed by atoms with Gasteiger partial charge in [-0.1, -0.05) is 30.3 Å². The second kappa shape index (κ2) is 8.37. The highest BCUT2D eigenvalue weighted by Gasteiger charge is 2.49. The van der Waals surface area contributed by atoms with E-state index in [0.717, 1.165) is 48.6 Å². The minimum Gasteiger partial charge on any atom is -0.497 e. The zero-order valence-electron chi connectivity index (χ0n) is 17.8.